The van der Waals surface area contributed by atoms with E-state index in [1.165, 1.54) is 37.3 Å². The van der Waals surface area contributed by atoms with Gasteiger partial charge in [0.1, 0.15) is 10.6 Å². The molecule has 0 aromatic heterocycles. The Labute approximate surface area is 221 Å². The van der Waals surface area contributed by atoms with Gasteiger partial charge in [-0.1, -0.05) is 44.9 Å². The van der Waals surface area contributed by atoms with Crippen molar-refractivity contribution in [3.8, 4) is 5.75 Å². The molecular weight excluding hydrogens is 516 g/mol. The normalized spacial score (nSPS) is 11.3. The molecule has 38 heavy (non-hydrogen) atoms. The Hall–Kier alpha value is -4.13. The molecule has 2 aromatic carbocycles. The minimum atomic E-state index is -4.14. The number of nitrogens with zero attached hydrogens (tertiary/aromatic N) is 1. The SMILES string of the molecule is CCCCOC(=O)/N=C(/NC(=O)OCCCC)Nc1ccc(OS(=O)(=O)c2ccccc2)cc1NC(C)=O. The zero-order valence-electron chi connectivity index (χ0n) is 21.5. The van der Waals surface area contributed by atoms with Crippen molar-refractivity contribution in [1.82, 2.24) is 5.32 Å². The molecule has 0 aliphatic rings. The second kappa shape index (κ2) is 15.2. The number of anilines is 2. The summed E-state index contributed by atoms with van der Waals surface area (Å²) in [6.45, 7) is 5.42. The summed E-state index contributed by atoms with van der Waals surface area (Å²) in [5.41, 5.74) is 0.255. The number of rotatable bonds is 11. The number of benzene rings is 2. The third-order valence-corrected chi connectivity index (χ3v) is 5.93. The van der Waals surface area contributed by atoms with Crippen molar-refractivity contribution in [2.45, 2.75) is 51.3 Å². The van der Waals surface area contributed by atoms with Gasteiger partial charge in [0.15, 0.2) is 0 Å². The van der Waals surface area contributed by atoms with Crippen molar-refractivity contribution in [3.05, 3.63) is 48.5 Å². The van der Waals surface area contributed by atoms with Gasteiger partial charge in [-0.15, -0.1) is 4.99 Å². The predicted molar refractivity (Wildman–Crippen MR) is 142 cm³/mol. The fourth-order valence-corrected chi connectivity index (χ4v) is 3.77. The number of hydrogen-bond acceptors (Lipinski definition) is 8. The van der Waals surface area contributed by atoms with E-state index in [1.807, 2.05) is 13.8 Å². The Morgan fingerprint density at radius 3 is 2.16 bits per heavy atom. The van der Waals surface area contributed by atoms with Gasteiger partial charge in [-0.05, 0) is 37.1 Å². The van der Waals surface area contributed by atoms with Gasteiger partial charge in [0.05, 0.1) is 24.6 Å². The molecule has 0 fully saturated rings. The van der Waals surface area contributed by atoms with Gasteiger partial charge in [-0.2, -0.15) is 8.42 Å². The number of ether oxygens (including phenoxy) is 2. The van der Waals surface area contributed by atoms with Crippen molar-refractivity contribution in [2.75, 3.05) is 23.8 Å². The lowest BCUT2D eigenvalue weighted by Gasteiger charge is -2.16. The highest BCUT2D eigenvalue weighted by Crippen LogP contribution is 2.29. The van der Waals surface area contributed by atoms with Gasteiger partial charge < -0.3 is 24.3 Å². The van der Waals surface area contributed by atoms with Crippen LogP contribution < -0.4 is 20.1 Å². The summed E-state index contributed by atoms with van der Waals surface area (Å²) < 4.78 is 40.5. The zero-order valence-corrected chi connectivity index (χ0v) is 22.3. The van der Waals surface area contributed by atoms with E-state index in [0.717, 1.165) is 12.8 Å². The molecule has 0 saturated heterocycles. The van der Waals surface area contributed by atoms with Gasteiger partial charge in [0.2, 0.25) is 11.9 Å². The lowest BCUT2D eigenvalue weighted by atomic mass is 10.2. The summed E-state index contributed by atoms with van der Waals surface area (Å²) in [6, 6.07) is 11.5. The Bertz CT molecular complexity index is 1230. The summed E-state index contributed by atoms with van der Waals surface area (Å²) in [5.74, 6) is -0.891. The molecule has 0 atom stereocenters. The molecule has 0 spiro atoms. The van der Waals surface area contributed by atoms with Gasteiger partial charge in [0, 0.05) is 13.0 Å². The molecular formula is C25H32N4O8S. The third-order valence-electron chi connectivity index (χ3n) is 4.67. The molecule has 3 amide bonds. The van der Waals surface area contributed by atoms with Crippen LogP contribution in [-0.2, 0) is 24.4 Å². The van der Waals surface area contributed by atoms with Crippen LogP contribution in [-0.4, -0.2) is 45.7 Å². The molecule has 0 radical (unpaired) electrons. The number of aliphatic imine (C=N–C) groups is 1. The summed E-state index contributed by atoms with van der Waals surface area (Å²) in [6.07, 6.45) is 1.08. The Morgan fingerprint density at radius 1 is 0.868 bits per heavy atom. The van der Waals surface area contributed by atoms with E-state index in [4.69, 9.17) is 13.7 Å². The minimum Gasteiger partial charge on any atom is -0.449 e. The van der Waals surface area contributed by atoms with Crippen LogP contribution in [0.4, 0.5) is 21.0 Å². The largest absolute Gasteiger partial charge is 0.449 e. The lowest BCUT2D eigenvalue weighted by Crippen LogP contribution is -2.37. The van der Waals surface area contributed by atoms with Gasteiger partial charge in [-0.25, -0.2) is 9.59 Å². The van der Waals surface area contributed by atoms with E-state index in [1.54, 1.807) is 18.2 Å². The summed E-state index contributed by atoms with van der Waals surface area (Å²) in [5, 5.41) is 7.62. The molecule has 0 bridgehead atoms. The molecule has 0 saturated carbocycles. The maximum absolute atomic E-state index is 12.6. The van der Waals surface area contributed by atoms with Crippen LogP contribution in [0.3, 0.4) is 0 Å². The maximum Gasteiger partial charge on any atom is 0.436 e. The third kappa shape index (κ3) is 10.5. The van der Waals surface area contributed by atoms with Gasteiger partial charge >= 0.3 is 22.3 Å². The number of amides is 3. The first-order chi connectivity index (χ1) is 18.1. The molecule has 3 N–H and O–H groups in total. The highest BCUT2D eigenvalue weighted by atomic mass is 32.2. The van der Waals surface area contributed by atoms with Crippen molar-refractivity contribution < 1.29 is 36.5 Å². The lowest BCUT2D eigenvalue weighted by molar-refractivity contribution is -0.114. The van der Waals surface area contributed by atoms with E-state index >= 15 is 0 Å². The molecule has 2 rings (SSSR count). The van der Waals surface area contributed by atoms with Crippen molar-refractivity contribution >= 4 is 45.5 Å². The monoisotopic (exact) mass is 548 g/mol. The van der Waals surface area contributed by atoms with Crippen LogP contribution in [0.2, 0.25) is 0 Å². The van der Waals surface area contributed by atoms with Crippen LogP contribution in [0.25, 0.3) is 0 Å². The van der Waals surface area contributed by atoms with Crippen LogP contribution in [0.15, 0.2) is 58.4 Å². The van der Waals surface area contributed by atoms with Crippen LogP contribution >= 0.6 is 0 Å². The second-order valence-electron chi connectivity index (χ2n) is 7.91. The molecule has 0 aliphatic carbocycles. The number of carbonyl (C=O) groups excluding carboxylic acids is 3. The Morgan fingerprint density at radius 2 is 1.53 bits per heavy atom. The highest BCUT2D eigenvalue weighted by molar-refractivity contribution is 7.87. The first-order valence-corrected chi connectivity index (χ1v) is 13.4. The van der Waals surface area contributed by atoms with Crippen LogP contribution in [0.1, 0.15) is 46.5 Å². The molecule has 2 aromatic rings. The van der Waals surface area contributed by atoms with Gasteiger partial charge in [0.25, 0.3) is 0 Å². The molecule has 0 unspecified atom stereocenters. The number of nitrogens with one attached hydrogen (secondary N) is 3. The Balaban J connectivity index is 2.32. The number of hydrogen-bond donors (Lipinski definition) is 3. The fourth-order valence-electron chi connectivity index (χ4n) is 2.82. The first kappa shape index (κ1) is 30.1. The minimum absolute atomic E-state index is 0.0509. The van der Waals surface area contributed by atoms with Crippen molar-refractivity contribution in [1.29, 1.82) is 0 Å². The van der Waals surface area contributed by atoms with Crippen molar-refractivity contribution in [2.24, 2.45) is 4.99 Å². The Kier molecular flexibility index (Phi) is 12.0. The summed E-state index contributed by atoms with van der Waals surface area (Å²) in [7, 11) is -4.14. The molecule has 0 aliphatic heterocycles. The topological polar surface area (TPSA) is 161 Å². The smallest absolute Gasteiger partial charge is 0.436 e. The maximum atomic E-state index is 12.6. The first-order valence-electron chi connectivity index (χ1n) is 12.0. The fraction of sp³-hybridized carbons (Fsp3) is 0.360. The van der Waals surface area contributed by atoms with E-state index in [-0.39, 0.29) is 41.2 Å². The summed E-state index contributed by atoms with van der Waals surface area (Å²) >= 11 is 0. The number of carbonyl (C=O) groups is 3. The van der Waals surface area contributed by atoms with E-state index in [0.29, 0.717) is 12.8 Å². The number of alkyl carbamates (subject to hydrolysis) is 1. The molecule has 13 heteroatoms. The summed E-state index contributed by atoms with van der Waals surface area (Å²) in [4.78, 5) is 39.9. The van der Waals surface area contributed by atoms with E-state index < -0.39 is 28.2 Å². The number of guanidine groups is 1. The van der Waals surface area contributed by atoms with Crippen molar-refractivity contribution in [3.63, 3.8) is 0 Å². The highest BCUT2D eigenvalue weighted by Gasteiger charge is 2.19. The van der Waals surface area contributed by atoms with Crippen LogP contribution in [0.5, 0.6) is 5.75 Å². The van der Waals surface area contributed by atoms with E-state index in [9.17, 15) is 22.8 Å². The average Bonchev–Trinajstić information content (AvgIpc) is 2.86. The standard InChI is InChI=1S/C25H32N4O8S/c1-4-6-15-35-24(31)28-23(29-25(32)36-16-7-5-2)27-21-14-13-19(17-22(21)26-18(3)30)37-38(33,34)20-11-9-8-10-12-20/h8-14,17H,4-7,15-16H2,1-3H3,(H,26,30)(H2,27,28,29,31,32). The number of unbranched alkanes of at least 4 members (excludes halogenated alkanes) is 2. The second-order valence-corrected chi connectivity index (χ2v) is 9.45. The zero-order chi connectivity index (χ0) is 28.0. The predicted octanol–water partition coefficient (Wildman–Crippen LogP) is 4.64. The van der Waals surface area contributed by atoms with Crippen LogP contribution in [0, 0.1) is 0 Å². The molecule has 206 valence electrons. The van der Waals surface area contributed by atoms with Gasteiger partial charge in [-0.3, -0.25) is 10.1 Å². The molecule has 0 heterocycles. The van der Waals surface area contributed by atoms with E-state index in [2.05, 4.69) is 20.9 Å². The molecule has 12 nitrogen and oxygen atoms in total. The average molecular weight is 549 g/mol. The quantitative estimate of drug-likeness (QED) is 0.157.